The molecule has 1 amide bonds. The van der Waals surface area contributed by atoms with Crippen molar-refractivity contribution < 1.29 is 32.3 Å². The number of aromatic carboxylic acids is 1. The summed E-state index contributed by atoms with van der Waals surface area (Å²) in [4.78, 5) is 30.3. The number of carbonyl (C=O) groups excluding carboxylic acids is 1. The lowest BCUT2D eigenvalue weighted by Crippen LogP contribution is -2.39. The zero-order chi connectivity index (χ0) is 30.4. The number of aromatic nitrogens is 2. The van der Waals surface area contributed by atoms with Gasteiger partial charge in [-0.15, -0.1) is 0 Å². The number of fused-ring (bicyclic) bond motifs is 1. The molecule has 7 nitrogen and oxygen atoms in total. The van der Waals surface area contributed by atoms with Crippen molar-refractivity contribution in [2.24, 2.45) is 18.4 Å². The van der Waals surface area contributed by atoms with E-state index in [1.54, 1.807) is 44.9 Å². The average molecular weight is 617 g/mol. The number of hydrogen-bond donors (Lipinski definition) is 2. The summed E-state index contributed by atoms with van der Waals surface area (Å²) < 4.78 is 56.6. The topological polar surface area (TPSA) is 87.5 Å². The number of rotatable bonds is 6. The number of nitrogens with zero attached hydrogens (tertiary/aromatic N) is 3. The maximum atomic E-state index is 14.6. The quantitative estimate of drug-likeness (QED) is 0.278. The van der Waals surface area contributed by atoms with E-state index in [9.17, 15) is 32.3 Å². The Hall–Kier alpha value is -3.05. The third-order valence-corrected chi connectivity index (χ3v) is 8.15. The maximum Gasteiger partial charge on any atom is 0.391 e. The first-order valence-electron chi connectivity index (χ1n) is 13.0. The first kappa shape index (κ1) is 30.9. The number of aryl methyl sites for hydroxylation is 1. The number of amides is 1. The van der Waals surface area contributed by atoms with E-state index in [1.165, 1.54) is 4.57 Å². The van der Waals surface area contributed by atoms with Crippen molar-refractivity contribution in [1.82, 2.24) is 14.9 Å². The number of benzene rings is 2. The lowest BCUT2D eigenvalue weighted by atomic mass is 9.84. The fraction of sp³-hybridized carbons (Fsp3) is 0.464. The van der Waals surface area contributed by atoms with Crippen molar-refractivity contribution in [3.63, 3.8) is 0 Å². The molecule has 2 N–H and O–H groups in total. The Kier molecular flexibility index (Phi) is 8.53. The molecule has 1 saturated carbocycles. The van der Waals surface area contributed by atoms with Crippen LogP contribution >= 0.6 is 23.2 Å². The second kappa shape index (κ2) is 11.3. The van der Waals surface area contributed by atoms with Crippen LogP contribution in [0.1, 0.15) is 62.4 Å². The van der Waals surface area contributed by atoms with Gasteiger partial charge in [0.05, 0.1) is 38.2 Å². The minimum atomic E-state index is -4.32. The van der Waals surface area contributed by atoms with Crippen LogP contribution in [-0.2, 0) is 18.4 Å². The third-order valence-electron chi connectivity index (χ3n) is 7.43. The number of anilines is 2. The van der Waals surface area contributed by atoms with Crippen LogP contribution < -0.4 is 10.2 Å². The molecule has 0 atom stereocenters. The molecule has 2 aromatic carbocycles. The summed E-state index contributed by atoms with van der Waals surface area (Å²) >= 11 is 13.6. The number of carboxylic acid groups (broad SMARTS) is 1. The van der Waals surface area contributed by atoms with Gasteiger partial charge in [0.2, 0.25) is 11.9 Å². The largest absolute Gasteiger partial charge is 0.478 e. The summed E-state index contributed by atoms with van der Waals surface area (Å²) in [5.41, 5.74) is 0.0434. The number of nitrogens with one attached hydrogen (secondary N) is 1. The molecule has 0 aliphatic heterocycles. The van der Waals surface area contributed by atoms with Crippen molar-refractivity contribution in [3.8, 4) is 0 Å². The molecule has 1 fully saturated rings. The maximum absolute atomic E-state index is 14.6. The van der Waals surface area contributed by atoms with Crippen molar-refractivity contribution in [2.75, 3.05) is 4.90 Å². The lowest BCUT2D eigenvalue weighted by Gasteiger charge is -2.39. The zero-order valence-corrected chi connectivity index (χ0v) is 24.4. The monoisotopic (exact) mass is 616 g/mol. The third kappa shape index (κ3) is 6.25. The number of carbonyl (C=O) groups is 2. The Bertz CT molecular complexity index is 1490. The van der Waals surface area contributed by atoms with Gasteiger partial charge in [0.1, 0.15) is 5.82 Å². The van der Waals surface area contributed by atoms with Gasteiger partial charge >= 0.3 is 12.1 Å². The number of imidazole rings is 1. The van der Waals surface area contributed by atoms with Crippen LogP contribution in [0.15, 0.2) is 24.3 Å². The smallest absolute Gasteiger partial charge is 0.391 e. The van der Waals surface area contributed by atoms with Gasteiger partial charge in [0, 0.05) is 31.1 Å². The molecule has 13 heteroatoms. The van der Waals surface area contributed by atoms with Gasteiger partial charge in [-0.2, -0.15) is 13.2 Å². The molecule has 4 rings (SSSR count). The molecule has 1 aliphatic rings. The van der Waals surface area contributed by atoms with E-state index in [4.69, 9.17) is 23.2 Å². The van der Waals surface area contributed by atoms with Gasteiger partial charge in [-0.05, 0) is 43.4 Å². The van der Waals surface area contributed by atoms with E-state index < -0.39 is 40.9 Å². The molecular weight excluding hydrogens is 587 g/mol. The molecule has 41 heavy (non-hydrogen) atoms. The predicted octanol–water partition coefficient (Wildman–Crippen LogP) is 7.64. The van der Waals surface area contributed by atoms with Crippen LogP contribution in [0.4, 0.5) is 29.2 Å². The van der Waals surface area contributed by atoms with Crippen molar-refractivity contribution in [1.29, 1.82) is 0 Å². The molecule has 222 valence electrons. The average Bonchev–Trinajstić information content (AvgIpc) is 3.19. The number of carboxylic acids is 1. The standard InChI is InChI=1S/C28H30Cl2F4N4O3/c1-27(2,3)25(41)35-13-14-5-10-18(29)23(22(14)30)38(16-8-6-15(7-9-16)28(32,33)34)26-36-20-11-17(24(39)40)19(31)12-21(20)37(26)4/h5,10-12,15-16H,6-9,13H2,1-4H3,(H,35,41)(H,39,40). The molecule has 0 unspecified atom stereocenters. The van der Waals surface area contributed by atoms with Crippen molar-refractivity contribution in [2.45, 2.75) is 65.2 Å². The first-order chi connectivity index (χ1) is 19.0. The molecule has 0 radical (unpaired) electrons. The summed E-state index contributed by atoms with van der Waals surface area (Å²) in [6.45, 7) is 5.37. The Morgan fingerprint density at radius 2 is 1.76 bits per heavy atom. The second-order valence-corrected chi connectivity index (χ2v) is 12.1. The van der Waals surface area contributed by atoms with Gasteiger partial charge in [-0.3, -0.25) is 4.79 Å². The Morgan fingerprint density at radius 3 is 2.32 bits per heavy atom. The van der Waals surface area contributed by atoms with E-state index in [0.29, 0.717) is 5.56 Å². The SMILES string of the molecule is Cn1c(N(c2c(Cl)ccc(CNC(=O)C(C)(C)C)c2Cl)C2CCC(C(F)(F)F)CC2)nc2cc(C(=O)O)c(F)cc21. The van der Waals surface area contributed by atoms with Gasteiger partial charge in [-0.1, -0.05) is 50.0 Å². The highest BCUT2D eigenvalue weighted by atomic mass is 35.5. The Balaban J connectivity index is 1.84. The van der Waals surface area contributed by atoms with Crippen LogP contribution in [0.5, 0.6) is 0 Å². The highest BCUT2D eigenvalue weighted by Crippen LogP contribution is 2.46. The van der Waals surface area contributed by atoms with E-state index in [2.05, 4.69) is 10.3 Å². The molecule has 1 heterocycles. The summed E-state index contributed by atoms with van der Waals surface area (Å²) in [6.07, 6.45) is -4.29. The van der Waals surface area contributed by atoms with E-state index in [1.807, 2.05) is 0 Å². The van der Waals surface area contributed by atoms with Crippen LogP contribution in [-0.4, -0.2) is 38.8 Å². The molecular formula is C28H30Cl2F4N4O3. The Labute approximate surface area is 244 Å². The van der Waals surface area contributed by atoms with Crippen LogP contribution in [0.3, 0.4) is 0 Å². The first-order valence-corrected chi connectivity index (χ1v) is 13.8. The molecule has 0 spiro atoms. The number of hydrogen-bond acceptors (Lipinski definition) is 4. The molecule has 1 aromatic heterocycles. The highest BCUT2D eigenvalue weighted by Gasteiger charge is 2.43. The van der Waals surface area contributed by atoms with Crippen LogP contribution in [0.2, 0.25) is 10.0 Å². The fourth-order valence-corrected chi connectivity index (χ4v) is 5.69. The summed E-state index contributed by atoms with van der Waals surface area (Å²) in [6, 6.07) is 4.88. The second-order valence-electron chi connectivity index (χ2n) is 11.3. The molecule has 3 aromatic rings. The van der Waals surface area contributed by atoms with E-state index in [-0.39, 0.29) is 70.8 Å². The zero-order valence-electron chi connectivity index (χ0n) is 22.9. The van der Waals surface area contributed by atoms with Gasteiger partial charge in [-0.25, -0.2) is 14.2 Å². The number of halogens is 6. The number of alkyl halides is 3. The highest BCUT2D eigenvalue weighted by molar-refractivity contribution is 6.40. The van der Waals surface area contributed by atoms with Crippen LogP contribution in [0.25, 0.3) is 11.0 Å². The Morgan fingerprint density at radius 1 is 1.12 bits per heavy atom. The van der Waals surface area contributed by atoms with Crippen molar-refractivity contribution in [3.05, 3.63) is 51.3 Å². The molecule has 0 bridgehead atoms. The van der Waals surface area contributed by atoms with E-state index in [0.717, 1.165) is 12.1 Å². The minimum Gasteiger partial charge on any atom is -0.478 e. The lowest BCUT2D eigenvalue weighted by molar-refractivity contribution is -0.182. The molecule has 0 saturated heterocycles. The molecule has 1 aliphatic carbocycles. The summed E-state index contributed by atoms with van der Waals surface area (Å²) in [7, 11) is 1.59. The van der Waals surface area contributed by atoms with E-state index >= 15 is 0 Å². The summed E-state index contributed by atoms with van der Waals surface area (Å²) in [5, 5.41) is 12.6. The fourth-order valence-electron chi connectivity index (χ4n) is 5.07. The normalized spacial score (nSPS) is 18.0. The minimum absolute atomic E-state index is 0.0729. The van der Waals surface area contributed by atoms with Gasteiger partial charge in [0.25, 0.3) is 0 Å². The van der Waals surface area contributed by atoms with Gasteiger partial charge in [0.15, 0.2) is 0 Å². The van der Waals surface area contributed by atoms with Crippen LogP contribution in [0, 0.1) is 17.2 Å². The van der Waals surface area contributed by atoms with Crippen molar-refractivity contribution >= 4 is 57.7 Å². The predicted molar refractivity (Wildman–Crippen MR) is 149 cm³/mol. The summed E-state index contributed by atoms with van der Waals surface area (Å²) in [5.74, 6) is -3.87. The van der Waals surface area contributed by atoms with Gasteiger partial charge < -0.3 is 19.9 Å².